The van der Waals surface area contributed by atoms with Crippen LogP contribution >= 0.6 is 11.8 Å². The SMILES string of the molecule is CCSCCOc1ccc(CN)cc1C(F)(F)F. The molecule has 0 unspecified atom stereocenters. The minimum absolute atomic E-state index is 0.0784. The first-order valence-corrected chi connectivity index (χ1v) is 6.75. The molecule has 0 saturated carbocycles. The Morgan fingerprint density at radius 2 is 2.06 bits per heavy atom. The molecule has 0 atom stereocenters. The summed E-state index contributed by atoms with van der Waals surface area (Å²) in [6, 6.07) is 3.93. The molecule has 0 bridgehead atoms. The number of benzene rings is 1. The van der Waals surface area contributed by atoms with Crippen molar-refractivity contribution in [1.29, 1.82) is 0 Å². The summed E-state index contributed by atoms with van der Waals surface area (Å²) in [5.41, 5.74) is 5.03. The summed E-state index contributed by atoms with van der Waals surface area (Å²) < 4.78 is 43.6. The molecule has 2 N–H and O–H groups in total. The number of halogens is 3. The summed E-state index contributed by atoms with van der Waals surface area (Å²) in [5, 5.41) is 0. The molecule has 1 aromatic carbocycles. The average Bonchev–Trinajstić information content (AvgIpc) is 2.33. The van der Waals surface area contributed by atoms with Crippen LogP contribution in [0.2, 0.25) is 0 Å². The Morgan fingerprint density at radius 3 is 2.61 bits per heavy atom. The second-order valence-corrected chi connectivity index (χ2v) is 4.97. The van der Waals surface area contributed by atoms with Gasteiger partial charge in [-0.25, -0.2) is 0 Å². The zero-order valence-corrected chi connectivity index (χ0v) is 10.9. The predicted molar refractivity (Wildman–Crippen MR) is 67.8 cm³/mol. The number of hydrogen-bond donors (Lipinski definition) is 1. The van der Waals surface area contributed by atoms with Crippen LogP contribution in [0.4, 0.5) is 13.2 Å². The summed E-state index contributed by atoms with van der Waals surface area (Å²) in [6.45, 7) is 2.33. The van der Waals surface area contributed by atoms with E-state index in [9.17, 15) is 13.2 Å². The molecule has 6 heteroatoms. The monoisotopic (exact) mass is 279 g/mol. The van der Waals surface area contributed by atoms with Crippen LogP contribution in [0.5, 0.6) is 5.75 Å². The predicted octanol–water partition coefficient (Wildman–Crippen LogP) is 3.30. The summed E-state index contributed by atoms with van der Waals surface area (Å²) in [6.07, 6.45) is -4.42. The lowest BCUT2D eigenvalue weighted by atomic mass is 10.1. The smallest absolute Gasteiger partial charge is 0.419 e. The lowest BCUT2D eigenvalue weighted by molar-refractivity contribution is -0.138. The average molecular weight is 279 g/mol. The molecule has 0 heterocycles. The van der Waals surface area contributed by atoms with Gasteiger partial charge in [0.15, 0.2) is 0 Å². The lowest BCUT2D eigenvalue weighted by Gasteiger charge is -2.15. The Bertz CT molecular complexity index is 382. The molecule has 0 aliphatic carbocycles. The number of hydrogen-bond acceptors (Lipinski definition) is 3. The van der Waals surface area contributed by atoms with Crippen molar-refractivity contribution in [3.05, 3.63) is 29.3 Å². The van der Waals surface area contributed by atoms with Crippen LogP contribution in [-0.2, 0) is 12.7 Å². The van der Waals surface area contributed by atoms with E-state index in [0.717, 1.165) is 11.8 Å². The number of ether oxygens (including phenoxy) is 1. The maximum atomic E-state index is 12.8. The largest absolute Gasteiger partial charge is 0.492 e. The minimum Gasteiger partial charge on any atom is -0.492 e. The molecule has 2 nitrogen and oxygen atoms in total. The van der Waals surface area contributed by atoms with Gasteiger partial charge in [0.2, 0.25) is 0 Å². The summed E-state index contributed by atoms with van der Waals surface area (Å²) in [4.78, 5) is 0. The molecular formula is C12H16F3NOS. The standard InChI is InChI=1S/C12H16F3NOS/c1-2-18-6-5-17-11-4-3-9(8-16)7-10(11)12(13,14)15/h3-4,7H,2,5-6,8,16H2,1H3. The molecule has 0 aliphatic rings. The molecule has 0 radical (unpaired) electrons. The Morgan fingerprint density at radius 1 is 1.33 bits per heavy atom. The van der Waals surface area contributed by atoms with E-state index in [-0.39, 0.29) is 18.9 Å². The summed E-state index contributed by atoms with van der Waals surface area (Å²) in [7, 11) is 0. The maximum Gasteiger partial charge on any atom is 0.419 e. The molecule has 1 aromatic rings. The van der Waals surface area contributed by atoms with Gasteiger partial charge < -0.3 is 10.5 Å². The number of thioether (sulfide) groups is 1. The first-order chi connectivity index (χ1) is 8.49. The molecule has 0 saturated heterocycles. The van der Waals surface area contributed by atoms with E-state index < -0.39 is 11.7 Å². The molecule has 18 heavy (non-hydrogen) atoms. The highest BCUT2D eigenvalue weighted by molar-refractivity contribution is 7.99. The van der Waals surface area contributed by atoms with Gasteiger partial charge in [0.1, 0.15) is 5.75 Å². The van der Waals surface area contributed by atoms with Crippen LogP contribution in [-0.4, -0.2) is 18.1 Å². The highest BCUT2D eigenvalue weighted by atomic mass is 32.2. The second-order valence-electron chi connectivity index (χ2n) is 3.58. The molecule has 0 fully saturated rings. The van der Waals surface area contributed by atoms with E-state index >= 15 is 0 Å². The van der Waals surface area contributed by atoms with Gasteiger partial charge in [-0.1, -0.05) is 13.0 Å². The van der Waals surface area contributed by atoms with Crippen molar-refractivity contribution >= 4 is 11.8 Å². The third-order valence-corrected chi connectivity index (χ3v) is 3.14. The van der Waals surface area contributed by atoms with Gasteiger partial charge >= 0.3 is 6.18 Å². The third kappa shape index (κ3) is 4.42. The van der Waals surface area contributed by atoms with Gasteiger partial charge in [0.05, 0.1) is 12.2 Å². The zero-order chi connectivity index (χ0) is 13.6. The fourth-order valence-electron chi connectivity index (χ4n) is 1.41. The van der Waals surface area contributed by atoms with Crippen LogP contribution in [0.1, 0.15) is 18.1 Å². The van der Waals surface area contributed by atoms with E-state index in [4.69, 9.17) is 10.5 Å². The van der Waals surface area contributed by atoms with Crippen LogP contribution in [0, 0.1) is 0 Å². The summed E-state index contributed by atoms with van der Waals surface area (Å²) in [5.74, 6) is 1.46. The van der Waals surface area contributed by atoms with Crippen LogP contribution in [0.15, 0.2) is 18.2 Å². The van der Waals surface area contributed by atoms with Crippen LogP contribution < -0.4 is 10.5 Å². The van der Waals surface area contributed by atoms with Crippen molar-refractivity contribution in [3.63, 3.8) is 0 Å². The molecular weight excluding hydrogens is 263 g/mol. The van der Waals surface area contributed by atoms with Crippen LogP contribution in [0.3, 0.4) is 0 Å². The van der Waals surface area contributed by atoms with E-state index in [1.54, 1.807) is 17.8 Å². The Kier molecular flexibility index (Phi) is 5.81. The van der Waals surface area contributed by atoms with Crippen molar-refractivity contribution in [2.45, 2.75) is 19.6 Å². The van der Waals surface area contributed by atoms with Gasteiger partial charge in [-0.3, -0.25) is 0 Å². The Balaban J connectivity index is 2.82. The molecule has 0 amide bonds. The van der Waals surface area contributed by atoms with Crippen molar-refractivity contribution in [2.24, 2.45) is 5.73 Å². The first kappa shape index (κ1) is 15.2. The fraction of sp³-hybridized carbons (Fsp3) is 0.500. The number of nitrogens with two attached hydrogens (primary N) is 1. The van der Waals surface area contributed by atoms with E-state index in [1.165, 1.54) is 6.07 Å². The molecule has 102 valence electrons. The quantitative estimate of drug-likeness (QED) is 0.812. The normalized spacial score (nSPS) is 11.6. The molecule has 0 spiro atoms. The van der Waals surface area contributed by atoms with Crippen molar-refractivity contribution in [2.75, 3.05) is 18.1 Å². The van der Waals surface area contributed by atoms with Gasteiger partial charge in [0, 0.05) is 12.3 Å². The molecule has 0 aromatic heterocycles. The van der Waals surface area contributed by atoms with Crippen molar-refractivity contribution in [1.82, 2.24) is 0 Å². The number of alkyl halides is 3. The van der Waals surface area contributed by atoms with Crippen molar-refractivity contribution < 1.29 is 17.9 Å². The van der Waals surface area contributed by atoms with E-state index in [2.05, 4.69) is 0 Å². The topological polar surface area (TPSA) is 35.2 Å². The molecule has 0 aliphatic heterocycles. The lowest BCUT2D eigenvalue weighted by Crippen LogP contribution is -2.11. The Labute approximate surface area is 109 Å². The van der Waals surface area contributed by atoms with Crippen molar-refractivity contribution in [3.8, 4) is 5.75 Å². The van der Waals surface area contributed by atoms with Gasteiger partial charge in [-0.05, 0) is 23.4 Å². The highest BCUT2D eigenvalue weighted by Crippen LogP contribution is 2.36. The van der Waals surface area contributed by atoms with Crippen LogP contribution in [0.25, 0.3) is 0 Å². The fourth-order valence-corrected chi connectivity index (χ4v) is 1.90. The maximum absolute atomic E-state index is 12.8. The molecule has 1 rings (SSSR count). The van der Waals surface area contributed by atoms with E-state index in [0.29, 0.717) is 11.3 Å². The zero-order valence-electron chi connectivity index (χ0n) is 10.1. The minimum atomic E-state index is -4.42. The second kappa shape index (κ2) is 6.89. The van der Waals surface area contributed by atoms with Gasteiger partial charge in [-0.2, -0.15) is 24.9 Å². The third-order valence-electron chi connectivity index (χ3n) is 2.27. The first-order valence-electron chi connectivity index (χ1n) is 5.59. The summed E-state index contributed by atoms with van der Waals surface area (Å²) >= 11 is 1.62. The highest BCUT2D eigenvalue weighted by Gasteiger charge is 2.34. The number of rotatable bonds is 6. The van der Waals surface area contributed by atoms with Gasteiger partial charge in [-0.15, -0.1) is 0 Å². The van der Waals surface area contributed by atoms with E-state index in [1.807, 2.05) is 6.92 Å². The van der Waals surface area contributed by atoms with Gasteiger partial charge in [0.25, 0.3) is 0 Å². The Hall–Kier alpha value is -0.880.